The number of carbonyl (C=O) groups is 1. The molecule has 0 atom stereocenters. The second kappa shape index (κ2) is 9.15. The van der Waals surface area contributed by atoms with Gasteiger partial charge in [0.1, 0.15) is 5.75 Å². The van der Waals surface area contributed by atoms with Crippen molar-refractivity contribution in [3.8, 4) is 5.75 Å². The largest absolute Gasteiger partial charge is 0.423 e. The Labute approximate surface area is 158 Å². The number of para-hydroxylation sites is 1. The molecule has 4 nitrogen and oxygen atoms in total. The highest BCUT2D eigenvalue weighted by atomic mass is 16.5. The number of benzene rings is 3. The molecule has 1 N–H and O–H groups in total. The first-order chi connectivity index (χ1) is 13.2. The van der Waals surface area contributed by atoms with Gasteiger partial charge in [0.05, 0.1) is 11.9 Å². The lowest BCUT2D eigenvalue weighted by Gasteiger charge is -2.05. The fourth-order valence-electron chi connectivity index (χ4n) is 2.44. The number of carbonyl (C=O) groups excluding carboxylic acids is 1. The van der Waals surface area contributed by atoms with Gasteiger partial charge in [-0.05, 0) is 48.4 Å². The number of anilines is 1. The Morgan fingerprint density at radius 2 is 1.74 bits per heavy atom. The minimum atomic E-state index is -0.439. The van der Waals surface area contributed by atoms with Crippen LogP contribution in [0.5, 0.6) is 5.75 Å². The molecule has 27 heavy (non-hydrogen) atoms. The highest BCUT2D eigenvalue weighted by Gasteiger charge is 2.05. The molecule has 0 aliphatic carbocycles. The fourth-order valence-corrected chi connectivity index (χ4v) is 2.44. The molecular weight excluding hydrogens is 336 g/mol. The van der Waals surface area contributed by atoms with Crippen molar-refractivity contribution in [1.29, 1.82) is 0 Å². The number of ether oxygens (including phenoxy) is 1. The van der Waals surface area contributed by atoms with E-state index < -0.39 is 5.97 Å². The van der Waals surface area contributed by atoms with Crippen molar-refractivity contribution in [2.75, 3.05) is 5.43 Å². The average Bonchev–Trinajstić information content (AvgIpc) is 2.69. The number of esters is 1. The summed E-state index contributed by atoms with van der Waals surface area (Å²) in [6.45, 7) is 2.02. The molecule has 3 aromatic rings. The minimum Gasteiger partial charge on any atom is -0.423 e. The van der Waals surface area contributed by atoms with Crippen LogP contribution in [0.15, 0.2) is 90.0 Å². The topological polar surface area (TPSA) is 50.7 Å². The lowest BCUT2D eigenvalue weighted by Crippen LogP contribution is -2.05. The first-order valence-electron chi connectivity index (χ1n) is 8.60. The third-order valence-corrected chi connectivity index (χ3v) is 3.76. The van der Waals surface area contributed by atoms with Gasteiger partial charge >= 0.3 is 5.97 Å². The lowest BCUT2D eigenvalue weighted by molar-refractivity contribution is -0.128. The summed E-state index contributed by atoms with van der Waals surface area (Å²) in [5.41, 5.74) is 6.66. The summed E-state index contributed by atoms with van der Waals surface area (Å²) in [6.07, 6.45) is 4.76. The van der Waals surface area contributed by atoms with Gasteiger partial charge < -0.3 is 4.74 Å². The first-order valence-corrected chi connectivity index (χ1v) is 8.60. The maximum atomic E-state index is 12.1. The van der Waals surface area contributed by atoms with E-state index in [2.05, 4.69) is 10.5 Å². The number of hydrazone groups is 1. The zero-order valence-corrected chi connectivity index (χ0v) is 15.0. The van der Waals surface area contributed by atoms with Crippen molar-refractivity contribution in [3.63, 3.8) is 0 Å². The third kappa shape index (κ3) is 5.68. The molecule has 3 aromatic carbocycles. The molecule has 4 heteroatoms. The van der Waals surface area contributed by atoms with Gasteiger partial charge in [-0.2, -0.15) is 5.10 Å². The minimum absolute atomic E-state index is 0.439. The summed E-state index contributed by atoms with van der Waals surface area (Å²) < 4.78 is 5.44. The van der Waals surface area contributed by atoms with Crippen molar-refractivity contribution < 1.29 is 9.53 Å². The van der Waals surface area contributed by atoms with Gasteiger partial charge in [-0.15, -0.1) is 0 Å². The Kier molecular flexibility index (Phi) is 6.15. The van der Waals surface area contributed by atoms with Crippen LogP contribution in [0.25, 0.3) is 6.08 Å². The average molecular weight is 356 g/mol. The molecule has 0 amide bonds. The summed E-state index contributed by atoms with van der Waals surface area (Å²) >= 11 is 0. The van der Waals surface area contributed by atoms with Crippen molar-refractivity contribution in [2.45, 2.75) is 6.92 Å². The van der Waals surface area contributed by atoms with E-state index in [4.69, 9.17) is 4.74 Å². The monoisotopic (exact) mass is 356 g/mol. The highest BCUT2D eigenvalue weighted by molar-refractivity contribution is 5.91. The molecule has 0 aromatic heterocycles. The SMILES string of the molecule is Cc1cccc(N/N=C\c2ccccc2OC(=O)/C=C/c2ccccc2)c1. The van der Waals surface area contributed by atoms with Gasteiger partial charge in [0.2, 0.25) is 0 Å². The van der Waals surface area contributed by atoms with Crippen molar-refractivity contribution in [2.24, 2.45) is 5.10 Å². The summed E-state index contributed by atoms with van der Waals surface area (Å²) in [4.78, 5) is 12.1. The predicted molar refractivity (Wildman–Crippen MR) is 110 cm³/mol. The summed E-state index contributed by atoms with van der Waals surface area (Å²) in [5.74, 6) is 0.0151. The molecule has 0 aliphatic rings. The number of rotatable bonds is 6. The molecule has 0 aliphatic heterocycles. The molecule has 0 fully saturated rings. The molecule has 0 bridgehead atoms. The second-order valence-electron chi connectivity index (χ2n) is 5.94. The van der Waals surface area contributed by atoms with Crippen molar-refractivity contribution >= 4 is 23.9 Å². The van der Waals surface area contributed by atoms with Crippen LogP contribution in [0.1, 0.15) is 16.7 Å². The van der Waals surface area contributed by atoms with Gasteiger partial charge in [-0.1, -0.05) is 54.6 Å². The number of hydrogen-bond donors (Lipinski definition) is 1. The molecule has 0 saturated carbocycles. The molecule has 3 rings (SSSR count). The van der Waals surface area contributed by atoms with E-state index in [9.17, 15) is 4.79 Å². The predicted octanol–water partition coefficient (Wildman–Crippen LogP) is 5.06. The Balaban J connectivity index is 1.65. The van der Waals surface area contributed by atoms with E-state index in [1.54, 1.807) is 18.4 Å². The van der Waals surface area contributed by atoms with E-state index in [1.165, 1.54) is 6.08 Å². The number of nitrogens with zero attached hydrogens (tertiary/aromatic N) is 1. The Morgan fingerprint density at radius 3 is 2.56 bits per heavy atom. The first kappa shape index (κ1) is 18.1. The maximum absolute atomic E-state index is 12.1. The van der Waals surface area contributed by atoms with E-state index in [0.717, 1.165) is 16.8 Å². The van der Waals surface area contributed by atoms with Gasteiger partial charge in [-0.25, -0.2) is 4.79 Å². The smallest absolute Gasteiger partial charge is 0.336 e. The van der Waals surface area contributed by atoms with Gasteiger partial charge in [0.15, 0.2) is 0 Å². The zero-order chi connectivity index (χ0) is 18.9. The Hall–Kier alpha value is -3.66. The summed E-state index contributed by atoms with van der Waals surface area (Å²) in [6, 6.07) is 24.8. The molecule has 0 unspecified atom stereocenters. The molecule has 0 saturated heterocycles. The van der Waals surface area contributed by atoms with Crippen LogP contribution in [0.2, 0.25) is 0 Å². The van der Waals surface area contributed by atoms with Gasteiger partial charge in [0.25, 0.3) is 0 Å². The van der Waals surface area contributed by atoms with Crippen LogP contribution in [0, 0.1) is 6.92 Å². The number of aryl methyl sites for hydroxylation is 1. The van der Waals surface area contributed by atoms with Crippen LogP contribution in [0.3, 0.4) is 0 Å². The third-order valence-electron chi connectivity index (χ3n) is 3.76. The molecule has 0 radical (unpaired) electrons. The molecule has 134 valence electrons. The summed E-state index contributed by atoms with van der Waals surface area (Å²) in [5, 5.41) is 4.23. The van der Waals surface area contributed by atoms with Gasteiger partial charge in [-0.3, -0.25) is 5.43 Å². The van der Waals surface area contributed by atoms with Crippen LogP contribution in [-0.2, 0) is 4.79 Å². The lowest BCUT2D eigenvalue weighted by atomic mass is 10.2. The fraction of sp³-hybridized carbons (Fsp3) is 0.0435. The second-order valence-corrected chi connectivity index (χ2v) is 5.94. The standard InChI is InChI=1S/C23H20N2O2/c1-18-8-7-12-21(16-18)25-24-17-20-11-5-6-13-22(20)27-23(26)15-14-19-9-3-2-4-10-19/h2-17,25H,1H3/b15-14+,24-17-. The van der Waals surface area contributed by atoms with E-state index >= 15 is 0 Å². The van der Waals surface area contributed by atoms with Crippen LogP contribution in [-0.4, -0.2) is 12.2 Å². The molecule has 0 spiro atoms. The van der Waals surface area contributed by atoms with Crippen LogP contribution in [0.4, 0.5) is 5.69 Å². The van der Waals surface area contributed by atoms with Crippen LogP contribution < -0.4 is 10.2 Å². The Bertz CT molecular complexity index is 963. The normalized spacial score (nSPS) is 11.0. The van der Waals surface area contributed by atoms with Crippen molar-refractivity contribution in [1.82, 2.24) is 0 Å². The Morgan fingerprint density at radius 1 is 0.963 bits per heavy atom. The summed E-state index contributed by atoms with van der Waals surface area (Å²) in [7, 11) is 0. The number of nitrogens with one attached hydrogen (secondary N) is 1. The van der Waals surface area contributed by atoms with E-state index in [0.29, 0.717) is 11.3 Å². The number of hydrogen-bond acceptors (Lipinski definition) is 4. The molecule has 0 heterocycles. The van der Waals surface area contributed by atoms with Crippen LogP contribution >= 0.6 is 0 Å². The quantitative estimate of drug-likeness (QED) is 0.221. The molecular formula is C23H20N2O2. The highest BCUT2D eigenvalue weighted by Crippen LogP contribution is 2.17. The maximum Gasteiger partial charge on any atom is 0.336 e. The van der Waals surface area contributed by atoms with E-state index in [-0.39, 0.29) is 0 Å². The zero-order valence-electron chi connectivity index (χ0n) is 15.0. The van der Waals surface area contributed by atoms with Gasteiger partial charge in [0, 0.05) is 11.6 Å². The van der Waals surface area contributed by atoms with E-state index in [1.807, 2.05) is 79.7 Å². The van der Waals surface area contributed by atoms with Crippen molar-refractivity contribution in [3.05, 3.63) is 102 Å².